The van der Waals surface area contributed by atoms with Crippen molar-refractivity contribution in [3.8, 4) is 5.69 Å². The van der Waals surface area contributed by atoms with Gasteiger partial charge in [0.2, 0.25) is 0 Å². The summed E-state index contributed by atoms with van der Waals surface area (Å²) in [6.07, 6.45) is 1.57. The molecule has 1 unspecified atom stereocenters. The van der Waals surface area contributed by atoms with E-state index in [0.717, 1.165) is 29.1 Å². The Morgan fingerprint density at radius 2 is 1.70 bits per heavy atom. The van der Waals surface area contributed by atoms with Gasteiger partial charge in [0, 0.05) is 6.42 Å². The van der Waals surface area contributed by atoms with E-state index in [1.54, 1.807) is 0 Å². The Hall–Kier alpha value is -1.90. The molecule has 1 heterocycles. The Balaban J connectivity index is 2.12. The second-order valence-electron chi connectivity index (χ2n) is 7.46. The van der Waals surface area contributed by atoms with Crippen molar-refractivity contribution in [2.45, 2.75) is 59.3 Å². The van der Waals surface area contributed by atoms with E-state index in [4.69, 9.17) is 5.10 Å². The molecule has 0 bridgehead atoms. The molecule has 1 aromatic heterocycles. The summed E-state index contributed by atoms with van der Waals surface area (Å²) in [5, 5.41) is 4.82. The van der Waals surface area contributed by atoms with Crippen LogP contribution in [0.2, 0.25) is 0 Å². The van der Waals surface area contributed by atoms with Crippen molar-refractivity contribution < 1.29 is 4.79 Å². The normalized spacial score (nSPS) is 17.9. The molecule has 0 aliphatic heterocycles. The summed E-state index contributed by atoms with van der Waals surface area (Å²) in [4.78, 5) is 12.6. The van der Waals surface area contributed by atoms with Crippen molar-refractivity contribution in [3.05, 3.63) is 46.8 Å². The maximum atomic E-state index is 12.6. The summed E-state index contributed by atoms with van der Waals surface area (Å²) in [6, 6.07) is 8.57. The fraction of sp³-hybridized carbons (Fsp3) is 0.500. The molecule has 0 N–H and O–H groups in total. The number of carbonyl (C=O) groups excluding carboxylic acids is 1. The average Bonchev–Trinajstić information content (AvgIpc) is 2.87. The highest BCUT2D eigenvalue weighted by Crippen LogP contribution is 2.33. The van der Waals surface area contributed by atoms with E-state index in [9.17, 15) is 4.79 Å². The summed E-state index contributed by atoms with van der Waals surface area (Å²) in [5.41, 5.74) is 5.30. The minimum absolute atomic E-state index is 0.257. The van der Waals surface area contributed by atoms with E-state index >= 15 is 0 Å². The number of hydrogen-bond acceptors (Lipinski definition) is 2. The second kappa shape index (κ2) is 5.95. The van der Waals surface area contributed by atoms with E-state index in [1.165, 1.54) is 5.56 Å². The molecule has 1 atom stereocenters. The number of nitrogens with zero attached hydrogens (tertiary/aromatic N) is 2. The molecule has 3 nitrogen and oxygen atoms in total. The maximum absolute atomic E-state index is 12.6. The molecule has 0 saturated carbocycles. The quantitative estimate of drug-likeness (QED) is 0.809. The molecule has 1 aliphatic rings. The van der Waals surface area contributed by atoms with Gasteiger partial charge in [-0.05, 0) is 41.9 Å². The molecular formula is C20H26N2O. The van der Waals surface area contributed by atoms with Gasteiger partial charge in [0.1, 0.15) is 0 Å². The zero-order valence-corrected chi connectivity index (χ0v) is 14.8. The number of carbonyl (C=O) groups is 1. The van der Waals surface area contributed by atoms with Crippen LogP contribution in [0.4, 0.5) is 0 Å². The molecule has 0 fully saturated rings. The van der Waals surface area contributed by atoms with Crippen molar-refractivity contribution in [1.82, 2.24) is 9.78 Å². The van der Waals surface area contributed by atoms with Crippen LogP contribution in [0.3, 0.4) is 0 Å². The average molecular weight is 310 g/mol. The first kappa shape index (κ1) is 16.0. The van der Waals surface area contributed by atoms with Crippen LogP contribution >= 0.6 is 0 Å². The first-order valence-corrected chi connectivity index (χ1v) is 8.63. The maximum Gasteiger partial charge on any atom is 0.166 e. The lowest BCUT2D eigenvalue weighted by Gasteiger charge is -2.19. The third-order valence-corrected chi connectivity index (χ3v) is 4.71. The molecule has 1 aliphatic carbocycles. The first-order valence-electron chi connectivity index (χ1n) is 8.63. The van der Waals surface area contributed by atoms with Crippen LogP contribution in [0, 0.1) is 5.92 Å². The monoisotopic (exact) mass is 310 g/mol. The van der Waals surface area contributed by atoms with Gasteiger partial charge in [-0.25, -0.2) is 4.68 Å². The summed E-state index contributed by atoms with van der Waals surface area (Å²) in [7, 11) is 0. The first-order chi connectivity index (χ1) is 10.9. The van der Waals surface area contributed by atoms with E-state index in [1.807, 2.05) is 4.68 Å². The number of Topliss-reactive ketones (excluding diaryl/α,β-unsaturated/α-hetero) is 1. The van der Waals surface area contributed by atoms with E-state index < -0.39 is 0 Å². The molecule has 2 aromatic rings. The minimum atomic E-state index is 0.257. The molecule has 0 amide bonds. The lowest BCUT2D eigenvalue weighted by atomic mass is 9.85. The number of ketones is 1. The summed E-state index contributed by atoms with van der Waals surface area (Å²) >= 11 is 0. The highest BCUT2D eigenvalue weighted by Gasteiger charge is 2.31. The lowest BCUT2D eigenvalue weighted by molar-refractivity contribution is 0.0951. The van der Waals surface area contributed by atoms with Gasteiger partial charge >= 0.3 is 0 Å². The van der Waals surface area contributed by atoms with Crippen molar-refractivity contribution >= 4 is 5.78 Å². The fourth-order valence-electron chi connectivity index (χ4n) is 3.40. The van der Waals surface area contributed by atoms with E-state index in [2.05, 4.69) is 58.9 Å². The third-order valence-electron chi connectivity index (χ3n) is 4.71. The van der Waals surface area contributed by atoms with Crippen LogP contribution in [0.15, 0.2) is 24.3 Å². The fourth-order valence-corrected chi connectivity index (χ4v) is 3.40. The van der Waals surface area contributed by atoms with Crippen LogP contribution in [0.1, 0.15) is 80.2 Å². The van der Waals surface area contributed by atoms with Gasteiger partial charge in [-0.1, -0.05) is 46.8 Å². The summed E-state index contributed by atoms with van der Waals surface area (Å²) < 4.78 is 2.00. The summed E-state index contributed by atoms with van der Waals surface area (Å²) in [6.45, 7) is 10.8. The van der Waals surface area contributed by atoms with Gasteiger partial charge in [0.05, 0.1) is 22.6 Å². The number of rotatable bonds is 3. The van der Waals surface area contributed by atoms with Crippen LogP contribution in [0.5, 0.6) is 0 Å². The molecule has 122 valence electrons. The van der Waals surface area contributed by atoms with Gasteiger partial charge < -0.3 is 0 Å². The van der Waals surface area contributed by atoms with Gasteiger partial charge in [-0.2, -0.15) is 5.10 Å². The van der Waals surface area contributed by atoms with E-state index in [0.29, 0.717) is 18.3 Å². The Morgan fingerprint density at radius 1 is 1.04 bits per heavy atom. The second-order valence-corrected chi connectivity index (χ2v) is 7.46. The SMILES string of the molecule is CC1CC(=O)c2c(C(C)C)nn(-c3ccc(C(C)C)cc3)c2C1. The van der Waals surface area contributed by atoms with E-state index in [-0.39, 0.29) is 11.7 Å². The Labute approximate surface area is 138 Å². The summed E-state index contributed by atoms with van der Waals surface area (Å²) in [5.74, 6) is 1.42. The standard InChI is InChI=1S/C20H26N2O/c1-12(2)15-6-8-16(9-7-15)22-17-10-14(5)11-18(23)19(17)20(21-22)13(3)4/h6-9,12-14H,10-11H2,1-5H3. The van der Waals surface area contributed by atoms with Crippen LogP contribution in [0.25, 0.3) is 5.69 Å². The van der Waals surface area contributed by atoms with Gasteiger partial charge in [0.25, 0.3) is 0 Å². The van der Waals surface area contributed by atoms with Crippen molar-refractivity contribution in [2.75, 3.05) is 0 Å². The molecule has 3 rings (SSSR count). The smallest absolute Gasteiger partial charge is 0.166 e. The number of hydrogen-bond donors (Lipinski definition) is 0. The molecule has 23 heavy (non-hydrogen) atoms. The number of aromatic nitrogens is 2. The molecule has 0 radical (unpaired) electrons. The molecule has 0 spiro atoms. The molecular weight excluding hydrogens is 284 g/mol. The predicted octanol–water partition coefficient (Wildman–Crippen LogP) is 4.88. The molecule has 1 aromatic carbocycles. The highest BCUT2D eigenvalue weighted by molar-refractivity contribution is 5.99. The lowest BCUT2D eigenvalue weighted by Crippen LogP contribution is -2.20. The zero-order chi connectivity index (χ0) is 16.7. The van der Waals surface area contributed by atoms with Crippen LogP contribution in [-0.4, -0.2) is 15.6 Å². The van der Waals surface area contributed by atoms with Crippen molar-refractivity contribution in [3.63, 3.8) is 0 Å². The van der Waals surface area contributed by atoms with Crippen LogP contribution in [-0.2, 0) is 6.42 Å². The largest absolute Gasteiger partial charge is 0.294 e. The van der Waals surface area contributed by atoms with Gasteiger partial charge in [-0.15, -0.1) is 0 Å². The van der Waals surface area contributed by atoms with Crippen LogP contribution < -0.4 is 0 Å². The zero-order valence-electron chi connectivity index (χ0n) is 14.8. The van der Waals surface area contributed by atoms with Gasteiger partial charge in [0.15, 0.2) is 5.78 Å². The van der Waals surface area contributed by atoms with Crippen molar-refractivity contribution in [2.24, 2.45) is 5.92 Å². The molecule has 0 saturated heterocycles. The highest BCUT2D eigenvalue weighted by atomic mass is 16.1. The predicted molar refractivity (Wildman–Crippen MR) is 93.6 cm³/mol. The molecule has 3 heteroatoms. The van der Waals surface area contributed by atoms with Crippen molar-refractivity contribution in [1.29, 1.82) is 0 Å². The Bertz CT molecular complexity index is 723. The minimum Gasteiger partial charge on any atom is -0.294 e. The Morgan fingerprint density at radius 3 is 2.26 bits per heavy atom. The van der Waals surface area contributed by atoms with Gasteiger partial charge in [-0.3, -0.25) is 4.79 Å². The Kier molecular flexibility index (Phi) is 4.13. The topological polar surface area (TPSA) is 34.9 Å². The number of benzene rings is 1. The number of fused-ring (bicyclic) bond motifs is 1. The third kappa shape index (κ3) is 2.85.